The Labute approximate surface area is 87.6 Å². The summed E-state index contributed by atoms with van der Waals surface area (Å²) >= 11 is 0. The summed E-state index contributed by atoms with van der Waals surface area (Å²) in [6, 6.07) is 2.28. The molecule has 0 amide bonds. The summed E-state index contributed by atoms with van der Waals surface area (Å²) in [6.45, 7) is 9.14. The van der Waals surface area contributed by atoms with E-state index in [1.165, 1.54) is 0 Å². The maximum Gasteiger partial charge on any atom is 0.0683 e. The molecular formula is C12H21NO. The fraction of sp³-hybridized carbons (Fsp3) is 0.750. The van der Waals surface area contributed by atoms with E-state index in [2.05, 4.69) is 12.6 Å². The van der Waals surface area contributed by atoms with Gasteiger partial charge in [-0.2, -0.15) is 5.26 Å². The Hall–Kier alpha value is -0.810. The lowest BCUT2D eigenvalue weighted by Crippen LogP contribution is -2.09. The highest BCUT2D eigenvalue weighted by atomic mass is 16.5. The predicted molar refractivity (Wildman–Crippen MR) is 58.9 cm³/mol. The minimum Gasteiger partial charge on any atom is -0.381 e. The van der Waals surface area contributed by atoms with Crippen LogP contribution in [0.1, 0.15) is 39.5 Å². The van der Waals surface area contributed by atoms with E-state index in [1.54, 1.807) is 0 Å². The highest BCUT2D eigenvalue weighted by molar-refractivity contribution is 4.91. The standard InChI is InChI=1S/C12H21NO/c1-4-5-6-9-14-10-7-8-12(2,3)11-13/h4H,1,5-10H2,2-3H3. The third kappa shape index (κ3) is 7.82. The third-order valence-corrected chi connectivity index (χ3v) is 2.09. The largest absolute Gasteiger partial charge is 0.381 e. The number of hydrogen-bond acceptors (Lipinski definition) is 2. The molecule has 0 atom stereocenters. The van der Waals surface area contributed by atoms with Crippen molar-refractivity contribution in [2.24, 2.45) is 5.41 Å². The van der Waals surface area contributed by atoms with E-state index in [4.69, 9.17) is 10.00 Å². The van der Waals surface area contributed by atoms with Gasteiger partial charge >= 0.3 is 0 Å². The van der Waals surface area contributed by atoms with Crippen molar-refractivity contribution in [3.63, 3.8) is 0 Å². The van der Waals surface area contributed by atoms with E-state index in [9.17, 15) is 0 Å². The Bertz CT molecular complexity index is 191. The summed E-state index contributed by atoms with van der Waals surface area (Å²) < 4.78 is 5.42. The van der Waals surface area contributed by atoms with Crippen LogP contribution >= 0.6 is 0 Å². The number of unbranched alkanes of at least 4 members (excludes halogenated alkanes) is 1. The van der Waals surface area contributed by atoms with E-state index in [-0.39, 0.29) is 5.41 Å². The minimum atomic E-state index is -0.204. The van der Waals surface area contributed by atoms with Crippen LogP contribution in [0.25, 0.3) is 0 Å². The molecule has 0 rings (SSSR count). The number of allylic oxidation sites excluding steroid dienone is 1. The first kappa shape index (κ1) is 13.2. The number of ether oxygens (including phenoxy) is 1. The van der Waals surface area contributed by atoms with Crippen LogP contribution in [0.3, 0.4) is 0 Å². The molecule has 0 unspecified atom stereocenters. The lowest BCUT2D eigenvalue weighted by atomic mass is 9.90. The molecule has 0 aromatic heterocycles. The van der Waals surface area contributed by atoms with Crippen molar-refractivity contribution in [2.75, 3.05) is 13.2 Å². The van der Waals surface area contributed by atoms with Crippen LogP contribution in [-0.4, -0.2) is 13.2 Å². The summed E-state index contributed by atoms with van der Waals surface area (Å²) in [5.74, 6) is 0. The van der Waals surface area contributed by atoms with Gasteiger partial charge in [0.15, 0.2) is 0 Å². The molecule has 0 heterocycles. The number of rotatable bonds is 8. The van der Waals surface area contributed by atoms with Gasteiger partial charge in [-0.05, 0) is 39.5 Å². The molecule has 0 fully saturated rings. The van der Waals surface area contributed by atoms with Crippen molar-refractivity contribution in [3.8, 4) is 6.07 Å². The minimum absolute atomic E-state index is 0.204. The lowest BCUT2D eigenvalue weighted by Gasteiger charge is -2.14. The van der Waals surface area contributed by atoms with Crippen molar-refractivity contribution in [2.45, 2.75) is 39.5 Å². The molecule has 2 nitrogen and oxygen atoms in total. The molecule has 0 aromatic rings. The van der Waals surface area contributed by atoms with Crippen molar-refractivity contribution in [3.05, 3.63) is 12.7 Å². The van der Waals surface area contributed by atoms with Crippen molar-refractivity contribution in [1.82, 2.24) is 0 Å². The van der Waals surface area contributed by atoms with Gasteiger partial charge in [-0.3, -0.25) is 0 Å². The topological polar surface area (TPSA) is 33.0 Å². The van der Waals surface area contributed by atoms with Crippen LogP contribution in [-0.2, 0) is 4.74 Å². The molecule has 80 valence electrons. The molecule has 0 saturated heterocycles. The molecule has 0 bridgehead atoms. The maximum atomic E-state index is 8.76. The molecule has 0 N–H and O–H groups in total. The Kier molecular flexibility index (Phi) is 7.14. The Morgan fingerprint density at radius 3 is 2.57 bits per heavy atom. The van der Waals surface area contributed by atoms with Crippen LogP contribution in [0, 0.1) is 16.7 Å². The van der Waals surface area contributed by atoms with Gasteiger partial charge in [0.05, 0.1) is 11.5 Å². The van der Waals surface area contributed by atoms with Gasteiger partial charge in [0.25, 0.3) is 0 Å². The van der Waals surface area contributed by atoms with Gasteiger partial charge in [0.1, 0.15) is 0 Å². The molecule has 0 aliphatic rings. The first-order chi connectivity index (χ1) is 6.62. The molecule has 0 aliphatic heterocycles. The zero-order valence-electron chi connectivity index (χ0n) is 9.38. The van der Waals surface area contributed by atoms with Crippen molar-refractivity contribution in [1.29, 1.82) is 5.26 Å². The highest BCUT2D eigenvalue weighted by Gasteiger charge is 2.15. The lowest BCUT2D eigenvalue weighted by molar-refractivity contribution is 0.123. The summed E-state index contributed by atoms with van der Waals surface area (Å²) in [6.07, 6.45) is 5.84. The van der Waals surface area contributed by atoms with Crippen LogP contribution < -0.4 is 0 Å². The fourth-order valence-electron chi connectivity index (χ4n) is 1.10. The van der Waals surface area contributed by atoms with Gasteiger partial charge in [-0.25, -0.2) is 0 Å². The van der Waals surface area contributed by atoms with Crippen LogP contribution in [0.4, 0.5) is 0 Å². The fourth-order valence-corrected chi connectivity index (χ4v) is 1.10. The van der Waals surface area contributed by atoms with Crippen molar-refractivity contribution >= 4 is 0 Å². The summed E-state index contributed by atoms with van der Waals surface area (Å²) in [5, 5.41) is 8.76. The quantitative estimate of drug-likeness (QED) is 0.440. The first-order valence-corrected chi connectivity index (χ1v) is 5.22. The molecule has 2 heteroatoms. The number of nitriles is 1. The molecule has 0 radical (unpaired) electrons. The Morgan fingerprint density at radius 1 is 1.36 bits per heavy atom. The van der Waals surface area contributed by atoms with Gasteiger partial charge in [0.2, 0.25) is 0 Å². The summed E-state index contributed by atoms with van der Waals surface area (Å²) in [4.78, 5) is 0. The van der Waals surface area contributed by atoms with Crippen molar-refractivity contribution < 1.29 is 4.74 Å². The molecule has 0 saturated carbocycles. The molecule has 0 spiro atoms. The van der Waals surface area contributed by atoms with E-state index < -0.39 is 0 Å². The van der Waals surface area contributed by atoms with Gasteiger partial charge in [-0.15, -0.1) is 6.58 Å². The predicted octanol–water partition coefficient (Wildman–Crippen LogP) is 3.30. The van der Waals surface area contributed by atoms with E-state index in [0.29, 0.717) is 0 Å². The average Bonchev–Trinajstić information content (AvgIpc) is 2.16. The zero-order chi connectivity index (χ0) is 10.9. The second kappa shape index (κ2) is 7.58. The molecule has 0 aliphatic carbocycles. The van der Waals surface area contributed by atoms with Crippen LogP contribution in [0.15, 0.2) is 12.7 Å². The van der Waals surface area contributed by atoms with Gasteiger partial charge < -0.3 is 4.74 Å². The SMILES string of the molecule is C=CCCCOCCCC(C)(C)C#N. The average molecular weight is 195 g/mol. The second-order valence-corrected chi connectivity index (χ2v) is 4.14. The number of hydrogen-bond donors (Lipinski definition) is 0. The van der Waals surface area contributed by atoms with Gasteiger partial charge in [-0.1, -0.05) is 6.08 Å². The summed E-state index contributed by atoms with van der Waals surface area (Å²) in [7, 11) is 0. The first-order valence-electron chi connectivity index (χ1n) is 5.22. The Morgan fingerprint density at radius 2 is 2.00 bits per heavy atom. The smallest absolute Gasteiger partial charge is 0.0683 e. The molecule has 14 heavy (non-hydrogen) atoms. The normalized spacial score (nSPS) is 10.9. The van der Waals surface area contributed by atoms with E-state index in [0.717, 1.165) is 38.9 Å². The van der Waals surface area contributed by atoms with Crippen LogP contribution in [0.5, 0.6) is 0 Å². The van der Waals surface area contributed by atoms with E-state index in [1.807, 2.05) is 19.9 Å². The molecule has 0 aromatic carbocycles. The number of nitrogens with zero attached hydrogens (tertiary/aromatic N) is 1. The second-order valence-electron chi connectivity index (χ2n) is 4.14. The third-order valence-electron chi connectivity index (χ3n) is 2.09. The molecular weight excluding hydrogens is 174 g/mol. The monoisotopic (exact) mass is 195 g/mol. The van der Waals surface area contributed by atoms with Crippen LogP contribution in [0.2, 0.25) is 0 Å². The maximum absolute atomic E-state index is 8.76. The van der Waals surface area contributed by atoms with E-state index >= 15 is 0 Å². The zero-order valence-corrected chi connectivity index (χ0v) is 9.38. The van der Waals surface area contributed by atoms with Gasteiger partial charge in [0, 0.05) is 13.2 Å². The highest BCUT2D eigenvalue weighted by Crippen LogP contribution is 2.20. The summed E-state index contributed by atoms with van der Waals surface area (Å²) in [5.41, 5.74) is -0.204. The Balaban J connectivity index is 3.22.